The van der Waals surface area contributed by atoms with Crippen molar-refractivity contribution in [1.82, 2.24) is 20.6 Å². The van der Waals surface area contributed by atoms with Gasteiger partial charge in [0.2, 0.25) is 5.91 Å². The Bertz CT molecular complexity index is 1180. The molecule has 2 aromatic carbocycles. The molecule has 1 aromatic heterocycles. The summed E-state index contributed by atoms with van der Waals surface area (Å²) in [5, 5.41) is 8.24. The van der Waals surface area contributed by atoms with Gasteiger partial charge in [-0.15, -0.1) is 0 Å². The molecule has 12 heteroatoms. The highest BCUT2D eigenvalue weighted by atomic mass is 35.5. The van der Waals surface area contributed by atoms with Gasteiger partial charge < -0.3 is 20.7 Å². The lowest BCUT2D eigenvalue weighted by molar-refractivity contribution is -0.137. The van der Waals surface area contributed by atoms with Gasteiger partial charge in [0, 0.05) is 49.2 Å². The van der Waals surface area contributed by atoms with Crippen LogP contribution in [0.1, 0.15) is 34.3 Å². The molecule has 196 valence electrons. The molecule has 0 radical (unpaired) electrons. The maximum absolute atomic E-state index is 13.3. The summed E-state index contributed by atoms with van der Waals surface area (Å²) >= 11 is 5.71. The van der Waals surface area contributed by atoms with E-state index in [9.17, 15) is 22.8 Å². The summed E-state index contributed by atoms with van der Waals surface area (Å²) in [7, 11) is 0. The van der Waals surface area contributed by atoms with E-state index in [4.69, 9.17) is 16.3 Å². The molecule has 3 N–H and O–H groups in total. The van der Waals surface area contributed by atoms with Gasteiger partial charge in [-0.2, -0.15) is 13.2 Å². The fourth-order valence-electron chi connectivity index (χ4n) is 3.17. The predicted octanol–water partition coefficient (Wildman–Crippen LogP) is 4.74. The molecule has 3 aromatic rings. The monoisotopic (exact) mass is 535 g/mol. The Labute approximate surface area is 216 Å². The van der Waals surface area contributed by atoms with Gasteiger partial charge >= 0.3 is 6.18 Å². The van der Waals surface area contributed by atoms with Crippen molar-refractivity contribution in [3.05, 3.63) is 82.9 Å². The molecular formula is C25H25ClF3N5O3. The third kappa shape index (κ3) is 9.36. The van der Waals surface area contributed by atoms with Gasteiger partial charge in [-0.25, -0.2) is 9.97 Å². The highest BCUT2D eigenvalue weighted by molar-refractivity contribution is 6.30. The van der Waals surface area contributed by atoms with E-state index in [-0.39, 0.29) is 42.1 Å². The Morgan fingerprint density at radius 2 is 1.70 bits per heavy atom. The molecule has 1 heterocycles. The van der Waals surface area contributed by atoms with Crippen LogP contribution in [-0.4, -0.2) is 41.5 Å². The van der Waals surface area contributed by atoms with E-state index >= 15 is 0 Å². The van der Waals surface area contributed by atoms with E-state index in [2.05, 4.69) is 25.9 Å². The Hall–Kier alpha value is -3.70. The first-order chi connectivity index (χ1) is 17.7. The molecule has 0 bridgehead atoms. The first-order valence-electron chi connectivity index (χ1n) is 11.3. The number of carbonyl (C=O) groups excluding carboxylic acids is 2. The lowest BCUT2D eigenvalue weighted by Gasteiger charge is -2.15. The Morgan fingerprint density at radius 1 is 0.973 bits per heavy atom. The SMILES string of the molecule is O=C(CCOCCCNC(=O)c1cncnc1)NCc1ccc(Nc2ccc(Cl)cc2C(F)(F)F)cc1. The number of carbonyl (C=O) groups is 2. The van der Waals surface area contributed by atoms with E-state index in [1.807, 2.05) is 0 Å². The second kappa shape index (κ2) is 13.6. The second-order valence-corrected chi connectivity index (χ2v) is 8.32. The molecule has 0 aliphatic heterocycles. The van der Waals surface area contributed by atoms with E-state index in [0.29, 0.717) is 30.8 Å². The zero-order chi connectivity index (χ0) is 26.7. The molecule has 0 unspecified atom stereocenters. The number of nitrogens with zero attached hydrogens (tertiary/aromatic N) is 2. The molecular weight excluding hydrogens is 511 g/mol. The largest absolute Gasteiger partial charge is 0.418 e. The fourth-order valence-corrected chi connectivity index (χ4v) is 3.34. The minimum Gasteiger partial charge on any atom is -0.381 e. The van der Waals surface area contributed by atoms with Crippen molar-refractivity contribution in [2.45, 2.75) is 25.6 Å². The van der Waals surface area contributed by atoms with Gasteiger partial charge in [-0.3, -0.25) is 9.59 Å². The highest BCUT2D eigenvalue weighted by Crippen LogP contribution is 2.37. The highest BCUT2D eigenvalue weighted by Gasteiger charge is 2.33. The molecule has 2 amide bonds. The number of alkyl halides is 3. The van der Waals surface area contributed by atoms with Crippen LogP contribution in [0, 0.1) is 0 Å². The van der Waals surface area contributed by atoms with Gasteiger partial charge in [-0.05, 0) is 42.3 Å². The van der Waals surface area contributed by atoms with E-state index in [1.165, 1.54) is 30.9 Å². The van der Waals surface area contributed by atoms with Crippen molar-refractivity contribution in [1.29, 1.82) is 0 Å². The zero-order valence-corrected chi connectivity index (χ0v) is 20.4. The first kappa shape index (κ1) is 27.9. The molecule has 37 heavy (non-hydrogen) atoms. The number of ether oxygens (including phenoxy) is 1. The summed E-state index contributed by atoms with van der Waals surface area (Å²) in [6.07, 6.45) is 0.409. The average molecular weight is 536 g/mol. The Morgan fingerprint density at radius 3 is 2.41 bits per heavy atom. The van der Waals surface area contributed by atoms with Gasteiger partial charge in [0.1, 0.15) is 6.33 Å². The Kier molecular flexibility index (Phi) is 10.2. The lowest BCUT2D eigenvalue weighted by atomic mass is 10.1. The minimum atomic E-state index is -4.55. The summed E-state index contributed by atoms with van der Waals surface area (Å²) in [5.41, 5.74) is 0.663. The van der Waals surface area contributed by atoms with Gasteiger partial charge in [-0.1, -0.05) is 23.7 Å². The van der Waals surface area contributed by atoms with Crippen LogP contribution in [0.25, 0.3) is 0 Å². The molecule has 0 aliphatic rings. The maximum Gasteiger partial charge on any atom is 0.418 e. The normalized spacial score (nSPS) is 11.1. The van der Waals surface area contributed by atoms with E-state index < -0.39 is 11.7 Å². The molecule has 3 rings (SSSR count). The summed E-state index contributed by atoms with van der Waals surface area (Å²) in [4.78, 5) is 31.4. The van der Waals surface area contributed by atoms with Crippen molar-refractivity contribution >= 4 is 34.8 Å². The maximum atomic E-state index is 13.3. The van der Waals surface area contributed by atoms with Crippen LogP contribution in [-0.2, 0) is 22.3 Å². The van der Waals surface area contributed by atoms with Crippen LogP contribution < -0.4 is 16.0 Å². The van der Waals surface area contributed by atoms with Crippen molar-refractivity contribution in [2.75, 3.05) is 25.1 Å². The summed E-state index contributed by atoms with van der Waals surface area (Å²) < 4.78 is 45.2. The topological polar surface area (TPSA) is 105 Å². The van der Waals surface area contributed by atoms with E-state index in [1.54, 1.807) is 24.3 Å². The standard InChI is InChI=1S/C25H25ClF3N5O3/c26-19-4-7-22(21(12-19)25(27,28)29)34-20-5-2-17(3-6-20)13-33-23(35)8-11-37-10-1-9-32-24(36)18-14-30-16-31-15-18/h2-7,12,14-16,34H,1,8-11,13H2,(H,32,36)(H,33,35). The lowest BCUT2D eigenvalue weighted by Crippen LogP contribution is -2.26. The van der Waals surface area contributed by atoms with Crippen molar-refractivity contribution in [3.63, 3.8) is 0 Å². The van der Waals surface area contributed by atoms with Crippen molar-refractivity contribution in [2.24, 2.45) is 0 Å². The summed E-state index contributed by atoms with van der Waals surface area (Å²) in [5.74, 6) is -0.463. The quantitative estimate of drug-likeness (QED) is 0.289. The molecule has 0 fully saturated rings. The van der Waals surface area contributed by atoms with Gasteiger partial charge in [0.05, 0.1) is 23.4 Å². The summed E-state index contributed by atoms with van der Waals surface area (Å²) in [6.45, 7) is 1.30. The number of benzene rings is 2. The second-order valence-electron chi connectivity index (χ2n) is 7.89. The number of rotatable bonds is 12. The van der Waals surface area contributed by atoms with Crippen LogP contribution in [0.3, 0.4) is 0 Å². The molecule has 0 saturated carbocycles. The zero-order valence-electron chi connectivity index (χ0n) is 19.6. The summed E-state index contributed by atoms with van der Waals surface area (Å²) in [6, 6.07) is 10.2. The van der Waals surface area contributed by atoms with Crippen LogP contribution in [0.2, 0.25) is 5.02 Å². The molecule has 0 aliphatic carbocycles. The third-order valence-corrected chi connectivity index (χ3v) is 5.29. The number of nitrogens with one attached hydrogen (secondary N) is 3. The fraction of sp³-hybridized carbons (Fsp3) is 0.280. The number of hydrogen-bond acceptors (Lipinski definition) is 6. The molecule has 8 nitrogen and oxygen atoms in total. The first-order valence-corrected chi connectivity index (χ1v) is 11.7. The van der Waals surface area contributed by atoms with Crippen LogP contribution in [0.15, 0.2) is 61.2 Å². The number of hydrogen-bond donors (Lipinski definition) is 3. The number of anilines is 2. The van der Waals surface area contributed by atoms with E-state index in [0.717, 1.165) is 11.6 Å². The molecule has 0 atom stereocenters. The predicted molar refractivity (Wildman–Crippen MR) is 132 cm³/mol. The molecule has 0 saturated heterocycles. The van der Waals surface area contributed by atoms with Crippen LogP contribution >= 0.6 is 11.6 Å². The number of halogens is 4. The van der Waals surface area contributed by atoms with Crippen LogP contribution in [0.4, 0.5) is 24.5 Å². The molecule has 0 spiro atoms. The minimum absolute atomic E-state index is 0.00221. The average Bonchev–Trinajstić information content (AvgIpc) is 2.88. The van der Waals surface area contributed by atoms with Crippen LogP contribution in [0.5, 0.6) is 0 Å². The Balaban J connectivity index is 1.32. The smallest absolute Gasteiger partial charge is 0.381 e. The van der Waals surface area contributed by atoms with Gasteiger partial charge in [0.25, 0.3) is 5.91 Å². The number of amides is 2. The third-order valence-electron chi connectivity index (χ3n) is 5.06. The van der Waals surface area contributed by atoms with Crippen molar-refractivity contribution < 1.29 is 27.5 Å². The number of aromatic nitrogens is 2. The van der Waals surface area contributed by atoms with Crippen molar-refractivity contribution in [3.8, 4) is 0 Å². The van der Waals surface area contributed by atoms with Gasteiger partial charge in [0.15, 0.2) is 0 Å².